The van der Waals surface area contributed by atoms with Crippen molar-refractivity contribution >= 4 is 181 Å². The third-order valence-corrected chi connectivity index (χ3v) is 24.6. The minimum atomic E-state index is 0.789. The van der Waals surface area contributed by atoms with E-state index in [-0.39, 0.29) is 0 Å². The molecule has 0 radical (unpaired) electrons. The molecule has 0 spiro atoms. The van der Waals surface area contributed by atoms with Crippen molar-refractivity contribution in [2.75, 3.05) is 20.0 Å². The van der Waals surface area contributed by atoms with E-state index in [0.717, 1.165) is 83.7 Å². The topological polar surface area (TPSA) is 31.6 Å². The number of hydrogen-bond donors (Lipinski definition) is 1. The predicted octanol–water partition coefficient (Wildman–Crippen LogP) is 32.1. The Balaban J connectivity index is 0.000000133. The maximum atomic E-state index is 6.83. The highest BCUT2D eigenvalue weighted by atomic mass is 35.5. The number of benzene rings is 18. The summed E-state index contributed by atoms with van der Waals surface area (Å²) in [4.78, 5) is 7.16. The number of rotatable bonds is 15. The molecule has 0 bridgehead atoms. The van der Waals surface area contributed by atoms with E-state index in [0.29, 0.717) is 0 Å². The number of nitrogens with one attached hydrogen (secondary N) is 1. The maximum Gasteiger partial charge on any atom is 0.0640 e. The number of anilines is 11. The molecule has 0 saturated heterocycles. The van der Waals surface area contributed by atoms with Gasteiger partial charge >= 0.3 is 0 Å². The molecule has 0 fully saturated rings. The molecule has 22 aromatic rings. The van der Waals surface area contributed by atoms with Crippen molar-refractivity contribution in [3.63, 3.8) is 0 Å². The van der Waals surface area contributed by atoms with E-state index in [4.69, 9.17) is 11.6 Å². The van der Waals surface area contributed by atoms with Crippen LogP contribution in [0.5, 0.6) is 0 Å². The summed E-state index contributed by atoms with van der Waals surface area (Å²) in [5.74, 6) is 0. The highest BCUT2D eigenvalue weighted by Crippen LogP contribution is 2.52. The number of thiophene rings is 2. The summed E-state index contributed by atoms with van der Waals surface area (Å²) < 4.78 is 9.58. The lowest BCUT2D eigenvalue weighted by atomic mass is 9.98. The Kier molecular flexibility index (Phi) is 19.4. The van der Waals surface area contributed by atoms with Gasteiger partial charge in [-0.05, 0) is 216 Å². The molecule has 18 aromatic carbocycles. The lowest BCUT2D eigenvalue weighted by Crippen LogP contribution is -2.10. The first-order chi connectivity index (χ1) is 58.0. The van der Waals surface area contributed by atoms with Gasteiger partial charge in [0.15, 0.2) is 0 Å². The molecule has 0 unspecified atom stereocenters. The van der Waals surface area contributed by atoms with Crippen LogP contribution in [0.3, 0.4) is 0 Å². The molecule has 22 rings (SSSR count). The van der Waals surface area contributed by atoms with Gasteiger partial charge in [-0.25, -0.2) is 0 Å². The summed E-state index contributed by atoms with van der Waals surface area (Å²) in [6, 6.07) is 160. The van der Waals surface area contributed by atoms with Gasteiger partial charge in [0.2, 0.25) is 0 Å². The number of nitrogens with zero attached hydrogens (tertiary/aromatic N) is 5. The van der Waals surface area contributed by atoms with E-state index in [9.17, 15) is 0 Å². The van der Waals surface area contributed by atoms with Crippen LogP contribution in [-0.4, -0.2) is 9.13 Å². The van der Waals surface area contributed by atoms with Crippen LogP contribution in [0.2, 0.25) is 5.02 Å². The van der Waals surface area contributed by atoms with Crippen molar-refractivity contribution in [2.45, 2.75) is 0 Å². The summed E-state index contributed by atoms with van der Waals surface area (Å²) in [5, 5.41) is 13.9. The van der Waals surface area contributed by atoms with Gasteiger partial charge in [0, 0.05) is 121 Å². The van der Waals surface area contributed by atoms with E-state index in [1.54, 1.807) is 11.3 Å². The summed E-state index contributed by atoms with van der Waals surface area (Å²) in [7, 11) is 0. The molecule has 0 atom stereocenters. The van der Waals surface area contributed by atoms with Gasteiger partial charge < -0.3 is 29.2 Å². The maximum absolute atomic E-state index is 6.83. The predicted molar refractivity (Wildman–Crippen MR) is 503 cm³/mol. The minimum absolute atomic E-state index is 0.789. The van der Waals surface area contributed by atoms with Gasteiger partial charge in [-0.15, -0.1) is 22.7 Å². The third kappa shape index (κ3) is 13.8. The molecule has 117 heavy (non-hydrogen) atoms. The number of halogens is 1. The first-order valence-corrected chi connectivity index (χ1v) is 41.4. The average molecular weight is 1560 g/mol. The average Bonchev–Trinajstić information content (AvgIpc) is 1.59. The highest BCUT2D eigenvalue weighted by Gasteiger charge is 2.25. The second-order valence-corrected chi connectivity index (χ2v) is 31.4. The first-order valence-electron chi connectivity index (χ1n) is 39.4. The Labute approximate surface area is 692 Å². The van der Waals surface area contributed by atoms with Crippen LogP contribution in [0.25, 0.3) is 118 Å². The zero-order valence-electron chi connectivity index (χ0n) is 63.7. The second-order valence-electron chi connectivity index (χ2n) is 28.9. The molecule has 0 amide bonds. The van der Waals surface area contributed by atoms with Crippen LogP contribution < -0.4 is 20.0 Å². The number of para-hydroxylation sites is 10. The van der Waals surface area contributed by atoms with E-state index in [1.165, 1.54) is 102 Å². The third-order valence-electron chi connectivity index (χ3n) is 21.8. The molecule has 0 aliphatic rings. The number of hydrogen-bond acceptors (Lipinski definition) is 6. The molecular formula is C108H75ClN6S2. The first kappa shape index (κ1) is 71.5. The molecule has 9 heteroatoms. The Morgan fingerprint density at radius 1 is 0.231 bits per heavy atom. The van der Waals surface area contributed by atoms with E-state index >= 15 is 0 Å². The van der Waals surface area contributed by atoms with Gasteiger partial charge in [0.25, 0.3) is 0 Å². The van der Waals surface area contributed by atoms with E-state index in [1.807, 2.05) is 78.1 Å². The standard InChI is InChI=1S/C54H37N3S.C42H27ClN2S.C12H11N/c1-6-18-38(19-7-1)45-32-34-51(56(40-22-10-3-11-23-40)41-24-12-4-13-25-41)54-53(45)48-37-44(31-35-52(48)58-54)55(39-20-8-2-9-21-39)43-30-33-50-47(36-43)46-28-16-17-29-49(46)57(50)42-26-14-5-15-27-42;43-37-23-22-33(28-12-4-1-5-13-28)41-36-27-32(21-25-40(36)46-42(37)41)44(29-14-6-2-7-15-29)31-20-24-39-35(26-31)34-18-10-11-19-38(34)45(39)30-16-8-3-9-17-30;1-3-7-11(8-4-1)13-12-9-5-2-6-10-12/h1-37H;1-27H;1-10,13H. The van der Waals surface area contributed by atoms with Crippen LogP contribution in [0.4, 0.5) is 62.6 Å². The lowest BCUT2D eigenvalue weighted by molar-refractivity contribution is 1.18. The lowest BCUT2D eigenvalue weighted by Gasteiger charge is -2.26. The van der Waals surface area contributed by atoms with Crippen molar-refractivity contribution in [1.29, 1.82) is 0 Å². The summed E-state index contributed by atoms with van der Waals surface area (Å²) >= 11 is 10.5. The van der Waals surface area contributed by atoms with Crippen molar-refractivity contribution < 1.29 is 0 Å². The largest absolute Gasteiger partial charge is 0.356 e. The number of fused-ring (bicyclic) bond motifs is 12. The molecule has 1 N–H and O–H groups in total. The molecule has 0 aliphatic heterocycles. The van der Waals surface area contributed by atoms with Gasteiger partial charge in [-0.2, -0.15) is 0 Å². The fraction of sp³-hybridized carbons (Fsp3) is 0. The number of aromatic nitrogens is 2. The quantitative estimate of drug-likeness (QED) is 0.111. The Hall–Kier alpha value is -14.5. The van der Waals surface area contributed by atoms with Crippen molar-refractivity contribution in [3.05, 3.63) is 454 Å². The molecule has 6 nitrogen and oxygen atoms in total. The summed E-state index contributed by atoms with van der Waals surface area (Å²) in [6.07, 6.45) is 0. The van der Waals surface area contributed by atoms with Gasteiger partial charge in [-0.3, -0.25) is 0 Å². The van der Waals surface area contributed by atoms with Crippen LogP contribution in [-0.2, 0) is 0 Å². The molecule has 0 aliphatic carbocycles. The van der Waals surface area contributed by atoms with Gasteiger partial charge in [0.05, 0.1) is 42.2 Å². The zero-order valence-corrected chi connectivity index (χ0v) is 66.0. The molecule has 556 valence electrons. The Morgan fingerprint density at radius 2 is 0.538 bits per heavy atom. The fourth-order valence-corrected chi connectivity index (χ4v) is 19.2. The van der Waals surface area contributed by atoms with Crippen LogP contribution in [0, 0.1) is 0 Å². The Morgan fingerprint density at radius 3 is 0.949 bits per heavy atom. The monoisotopic (exact) mass is 1550 g/mol. The smallest absolute Gasteiger partial charge is 0.0640 e. The van der Waals surface area contributed by atoms with E-state index < -0.39 is 0 Å². The van der Waals surface area contributed by atoms with Gasteiger partial charge in [-0.1, -0.05) is 266 Å². The SMILES string of the molecule is Clc1ccc(-c2ccccc2)c2c1sc1ccc(N(c3ccccc3)c3ccc4c(c3)c3ccccc3n4-c3ccccc3)cc12.c1ccc(-c2ccc(N(c3ccccc3)c3ccccc3)c3sc4ccc(N(c5ccccc5)c5ccc6c(c5)c5ccccc5n6-c5ccccc5)cc4c23)cc1.c1ccc(Nc2ccccc2)cc1. The molecule has 4 aromatic heterocycles. The zero-order chi connectivity index (χ0) is 78.0. The minimum Gasteiger partial charge on any atom is -0.356 e. The van der Waals surface area contributed by atoms with Crippen molar-refractivity contribution in [2.24, 2.45) is 0 Å². The van der Waals surface area contributed by atoms with Crippen molar-refractivity contribution in [1.82, 2.24) is 9.13 Å². The van der Waals surface area contributed by atoms with Gasteiger partial charge in [0.1, 0.15) is 0 Å². The molecule has 4 heterocycles. The normalized spacial score (nSPS) is 11.3. The summed E-state index contributed by atoms with van der Waals surface area (Å²) in [6.45, 7) is 0. The summed E-state index contributed by atoms with van der Waals surface area (Å²) in [5.41, 5.74) is 24.2. The fourth-order valence-electron chi connectivity index (χ4n) is 16.6. The van der Waals surface area contributed by atoms with Crippen LogP contribution >= 0.6 is 34.3 Å². The van der Waals surface area contributed by atoms with E-state index in [2.05, 4.69) is 411 Å². The molecular weight excluding hydrogens is 1480 g/mol. The molecule has 0 saturated carbocycles. The Bertz CT molecular complexity index is 7190. The van der Waals surface area contributed by atoms with Crippen molar-refractivity contribution in [3.8, 4) is 33.6 Å². The highest BCUT2D eigenvalue weighted by molar-refractivity contribution is 7.27. The van der Waals surface area contributed by atoms with Crippen LogP contribution in [0.15, 0.2) is 449 Å². The van der Waals surface area contributed by atoms with Crippen LogP contribution in [0.1, 0.15) is 0 Å². The second kappa shape index (κ2) is 31.8.